The predicted octanol–water partition coefficient (Wildman–Crippen LogP) is 1.81. The van der Waals surface area contributed by atoms with Crippen LogP contribution in [-0.2, 0) is 0 Å². The Morgan fingerprint density at radius 1 is 1.38 bits per heavy atom. The zero-order valence-electron chi connectivity index (χ0n) is 10.0. The van der Waals surface area contributed by atoms with E-state index in [1.54, 1.807) is 12.2 Å². The van der Waals surface area contributed by atoms with Crippen LogP contribution in [0.2, 0.25) is 0 Å². The van der Waals surface area contributed by atoms with Gasteiger partial charge >= 0.3 is 0 Å². The van der Waals surface area contributed by atoms with E-state index in [9.17, 15) is 0 Å². The SMILES string of the molecule is C=C/C=C(\C=C/C)NC(=S)N=C(N)N.CC. The summed E-state index contributed by atoms with van der Waals surface area (Å²) in [5.41, 5.74) is 11.1. The summed E-state index contributed by atoms with van der Waals surface area (Å²) in [6.07, 6.45) is 7.09. The maximum Gasteiger partial charge on any atom is 0.200 e. The first-order valence-electron chi connectivity index (χ1n) is 4.96. The molecule has 90 valence electrons. The minimum absolute atomic E-state index is 0.0686. The third-order valence-electron chi connectivity index (χ3n) is 1.13. The summed E-state index contributed by atoms with van der Waals surface area (Å²) in [4.78, 5) is 3.67. The van der Waals surface area contributed by atoms with Crippen molar-refractivity contribution in [3.63, 3.8) is 0 Å². The van der Waals surface area contributed by atoms with E-state index in [-0.39, 0.29) is 11.1 Å². The predicted molar refractivity (Wildman–Crippen MR) is 76.0 cm³/mol. The van der Waals surface area contributed by atoms with Gasteiger partial charge in [-0.1, -0.05) is 32.6 Å². The summed E-state index contributed by atoms with van der Waals surface area (Å²) in [5, 5.41) is 3.06. The van der Waals surface area contributed by atoms with Crippen LogP contribution in [0.4, 0.5) is 0 Å². The number of hydrogen-bond acceptors (Lipinski definition) is 1. The monoisotopic (exact) mass is 240 g/mol. The van der Waals surface area contributed by atoms with Crippen LogP contribution in [0.3, 0.4) is 0 Å². The van der Waals surface area contributed by atoms with Crippen LogP contribution in [0, 0.1) is 0 Å². The number of hydrogen-bond donors (Lipinski definition) is 3. The molecule has 0 aliphatic carbocycles. The quantitative estimate of drug-likeness (QED) is 0.304. The summed E-state index contributed by atoms with van der Waals surface area (Å²) in [5.74, 6) is -0.0686. The maximum absolute atomic E-state index is 5.16. The molecule has 0 aromatic heterocycles. The molecule has 0 saturated carbocycles. The molecule has 0 aromatic rings. The summed E-state index contributed by atoms with van der Waals surface area (Å²) in [6, 6.07) is 0. The van der Waals surface area contributed by atoms with Crippen molar-refractivity contribution in [2.24, 2.45) is 16.5 Å². The molecule has 0 saturated heterocycles. The zero-order valence-corrected chi connectivity index (χ0v) is 10.8. The molecule has 5 heteroatoms. The first-order chi connectivity index (χ1) is 7.60. The number of nitrogens with one attached hydrogen (secondary N) is 1. The Labute approximate surface area is 103 Å². The van der Waals surface area contributed by atoms with Gasteiger partial charge in [-0.25, -0.2) is 0 Å². The molecule has 0 fully saturated rings. The lowest BCUT2D eigenvalue weighted by atomic mass is 10.3. The molecule has 0 aliphatic heterocycles. The number of allylic oxidation sites excluding steroid dienone is 4. The van der Waals surface area contributed by atoms with Gasteiger partial charge in [0.15, 0.2) is 5.96 Å². The second-order valence-corrected chi connectivity index (χ2v) is 2.71. The van der Waals surface area contributed by atoms with Crippen LogP contribution in [-0.4, -0.2) is 11.1 Å². The number of aliphatic imine (C=N–C) groups is 1. The van der Waals surface area contributed by atoms with E-state index in [4.69, 9.17) is 23.7 Å². The molecule has 0 rings (SSSR count). The van der Waals surface area contributed by atoms with E-state index in [0.29, 0.717) is 0 Å². The molecule has 0 atom stereocenters. The fourth-order valence-electron chi connectivity index (χ4n) is 0.714. The molecule has 0 bridgehead atoms. The lowest BCUT2D eigenvalue weighted by Gasteiger charge is -2.03. The van der Waals surface area contributed by atoms with Crippen molar-refractivity contribution in [1.82, 2.24) is 5.32 Å². The van der Waals surface area contributed by atoms with Crippen LogP contribution in [0.25, 0.3) is 0 Å². The van der Waals surface area contributed by atoms with Gasteiger partial charge in [0.2, 0.25) is 5.11 Å². The molecule has 0 unspecified atom stereocenters. The van der Waals surface area contributed by atoms with Crippen molar-refractivity contribution in [2.75, 3.05) is 0 Å². The van der Waals surface area contributed by atoms with Gasteiger partial charge in [-0.3, -0.25) is 0 Å². The lowest BCUT2D eigenvalue weighted by Crippen LogP contribution is -2.27. The first kappa shape index (κ1) is 16.8. The van der Waals surface area contributed by atoms with E-state index < -0.39 is 0 Å². The first-order valence-corrected chi connectivity index (χ1v) is 5.37. The molecular formula is C11H20N4S. The number of guanidine groups is 1. The van der Waals surface area contributed by atoms with Gasteiger partial charge in [0, 0.05) is 5.70 Å². The molecule has 5 N–H and O–H groups in total. The van der Waals surface area contributed by atoms with Gasteiger partial charge in [-0.2, -0.15) is 4.99 Å². The summed E-state index contributed by atoms with van der Waals surface area (Å²) < 4.78 is 0. The smallest absolute Gasteiger partial charge is 0.200 e. The highest BCUT2D eigenvalue weighted by Crippen LogP contribution is 1.93. The van der Waals surface area contributed by atoms with Crippen LogP contribution >= 0.6 is 12.2 Å². The Bertz CT molecular complexity index is 299. The highest BCUT2D eigenvalue weighted by molar-refractivity contribution is 7.80. The van der Waals surface area contributed by atoms with E-state index in [1.807, 2.05) is 32.9 Å². The molecule has 16 heavy (non-hydrogen) atoms. The Kier molecular flexibility index (Phi) is 12.0. The topological polar surface area (TPSA) is 76.4 Å². The van der Waals surface area contributed by atoms with Gasteiger partial charge in [-0.05, 0) is 31.3 Å². The molecule has 0 spiro atoms. The molecule has 0 aromatic carbocycles. The zero-order chi connectivity index (χ0) is 13.0. The largest absolute Gasteiger partial charge is 0.370 e. The van der Waals surface area contributed by atoms with E-state index in [2.05, 4.69) is 16.9 Å². The number of rotatable bonds is 3. The fourth-order valence-corrected chi connectivity index (χ4v) is 0.937. The van der Waals surface area contributed by atoms with Crippen LogP contribution in [0.15, 0.2) is 41.6 Å². The Hall–Kier alpha value is -1.62. The Morgan fingerprint density at radius 2 is 1.94 bits per heavy atom. The summed E-state index contributed by atoms with van der Waals surface area (Å²) in [7, 11) is 0. The fraction of sp³-hybridized carbons (Fsp3) is 0.273. The van der Waals surface area contributed by atoms with Crippen LogP contribution in [0.1, 0.15) is 20.8 Å². The summed E-state index contributed by atoms with van der Waals surface area (Å²) in [6.45, 7) is 9.46. The van der Waals surface area contributed by atoms with Crippen molar-refractivity contribution < 1.29 is 0 Å². The lowest BCUT2D eigenvalue weighted by molar-refractivity contribution is 1.18. The van der Waals surface area contributed by atoms with E-state index in [0.717, 1.165) is 5.70 Å². The summed E-state index contributed by atoms with van der Waals surface area (Å²) >= 11 is 4.87. The van der Waals surface area contributed by atoms with E-state index in [1.165, 1.54) is 0 Å². The van der Waals surface area contributed by atoms with Gasteiger partial charge in [-0.15, -0.1) is 0 Å². The molecule has 0 radical (unpaired) electrons. The molecular weight excluding hydrogens is 220 g/mol. The number of thiocarbonyl (C=S) groups is 1. The normalized spacial score (nSPS) is 10.1. The molecule has 0 amide bonds. The minimum atomic E-state index is -0.0686. The van der Waals surface area contributed by atoms with Gasteiger partial charge < -0.3 is 16.8 Å². The minimum Gasteiger partial charge on any atom is -0.370 e. The van der Waals surface area contributed by atoms with Gasteiger partial charge in [0.25, 0.3) is 0 Å². The Morgan fingerprint density at radius 3 is 2.31 bits per heavy atom. The standard InChI is InChI=1S/C9H14N4S.C2H6/c1-3-5-7(6-4-2)12-9(14)13-8(10)11;1-2/h3-6H,1H2,2H3,(H5,10,11,12,13,14);1-2H3/b6-4-,7-5+;. The second-order valence-electron chi connectivity index (χ2n) is 2.32. The van der Waals surface area contributed by atoms with Crippen molar-refractivity contribution >= 4 is 23.3 Å². The molecule has 4 nitrogen and oxygen atoms in total. The molecule has 0 aliphatic rings. The van der Waals surface area contributed by atoms with Crippen molar-refractivity contribution in [1.29, 1.82) is 0 Å². The highest BCUT2D eigenvalue weighted by atomic mass is 32.1. The van der Waals surface area contributed by atoms with E-state index >= 15 is 0 Å². The highest BCUT2D eigenvalue weighted by Gasteiger charge is 1.94. The van der Waals surface area contributed by atoms with Gasteiger partial charge in [0.1, 0.15) is 0 Å². The molecule has 0 heterocycles. The van der Waals surface area contributed by atoms with Crippen LogP contribution in [0.5, 0.6) is 0 Å². The van der Waals surface area contributed by atoms with Crippen molar-refractivity contribution in [3.8, 4) is 0 Å². The van der Waals surface area contributed by atoms with Crippen molar-refractivity contribution in [3.05, 3.63) is 36.6 Å². The van der Waals surface area contributed by atoms with Crippen molar-refractivity contribution in [2.45, 2.75) is 20.8 Å². The number of nitrogens with two attached hydrogens (primary N) is 2. The maximum atomic E-state index is 5.16. The van der Waals surface area contributed by atoms with Crippen LogP contribution < -0.4 is 16.8 Å². The number of nitrogens with zero attached hydrogens (tertiary/aromatic N) is 1. The second kappa shape index (κ2) is 11.5. The third-order valence-corrected chi connectivity index (χ3v) is 1.32. The Balaban J connectivity index is 0. The average molecular weight is 240 g/mol. The van der Waals surface area contributed by atoms with Gasteiger partial charge in [0.05, 0.1) is 0 Å². The average Bonchev–Trinajstić information content (AvgIpc) is 2.20. The third kappa shape index (κ3) is 10.5.